The van der Waals surface area contributed by atoms with Crippen molar-refractivity contribution in [2.45, 2.75) is 32.7 Å². The van der Waals surface area contributed by atoms with Crippen molar-refractivity contribution >= 4 is 11.9 Å². The zero-order chi connectivity index (χ0) is 13.0. The van der Waals surface area contributed by atoms with Crippen LogP contribution in [-0.4, -0.2) is 48.1 Å². The van der Waals surface area contributed by atoms with E-state index >= 15 is 0 Å². The van der Waals surface area contributed by atoms with Crippen molar-refractivity contribution in [1.29, 1.82) is 0 Å². The zero-order valence-electron chi connectivity index (χ0n) is 10.8. The van der Waals surface area contributed by atoms with Crippen LogP contribution in [0.4, 0.5) is 0 Å². The summed E-state index contributed by atoms with van der Waals surface area (Å²) >= 11 is 0. The van der Waals surface area contributed by atoms with Crippen LogP contribution < -0.4 is 5.32 Å². The van der Waals surface area contributed by atoms with E-state index in [1.54, 1.807) is 0 Å². The number of nitrogens with one attached hydrogen (secondary N) is 1. The Morgan fingerprint density at radius 1 is 1.41 bits per heavy atom. The molecule has 0 aliphatic heterocycles. The molecule has 1 amide bonds. The van der Waals surface area contributed by atoms with Crippen LogP contribution in [-0.2, 0) is 9.59 Å². The second-order valence-electron chi connectivity index (χ2n) is 5.01. The minimum absolute atomic E-state index is 0.107. The van der Waals surface area contributed by atoms with E-state index in [-0.39, 0.29) is 11.8 Å². The largest absolute Gasteiger partial charge is 0.481 e. The molecule has 0 saturated heterocycles. The van der Waals surface area contributed by atoms with Gasteiger partial charge in [0.15, 0.2) is 0 Å². The molecule has 0 heterocycles. The average molecular weight is 242 g/mol. The summed E-state index contributed by atoms with van der Waals surface area (Å²) < 4.78 is 0. The monoisotopic (exact) mass is 242 g/mol. The number of carboxylic acid groups (broad SMARTS) is 1. The number of carbonyl (C=O) groups is 2. The van der Waals surface area contributed by atoms with E-state index in [0.717, 1.165) is 13.0 Å². The van der Waals surface area contributed by atoms with Crippen LogP contribution >= 0.6 is 0 Å². The molecule has 0 aromatic carbocycles. The Morgan fingerprint density at radius 3 is 2.53 bits per heavy atom. The summed E-state index contributed by atoms with van der Waals surface area (Å²) in [6.45, 7) is 5.81. The summed E-state index contributed by atoms with van der Waals surface area (Å²) in [4.78, 5) is 24.3. The molecule has 0 radical (unpaired) electrons. The van der Waals surface area contributed by atoms with Crippen LogP contribution in [0.5, 0.6) is 0 Å². The van der Waals surface area contributed by atoms with Gasteiger partial charge in [-0.15, -0.1) is 0 Å². The van der Waals surface area contributed by atoms with Gasteiger partial charge < -0.3 is 15.3 Å². The number of aliphatic carboxylic acids is 1. The van der Waals surface area contributed by atoms with Gasteiger partial charge in [0.1, 0.15) is 0 Å². The molecular weight excluding hydrogens is 220 g/mol. The Labute approximate surface area is 102 Å². The van der Waals surface area contributed by atoms with Crippen molar-refractivity contribution in [3.05, 3.63) is 0 Å². The second-order valence-corrected chi connectivity index (χ2v) is 5.01. The van der Waals surface area contributed by atoms with Gasteiger partial charge in [-0.3, -0.25) is 9.59 Å². The number of hydrogen-bond donors (Lipinski definition) is 2. The van der Waals surface area contributed by atoms with Crippen LogP contribution in [0.15, 0.2) is 0 Å². The molecule has 17 heavy (non-hydrogen) atoms. The van der Waals surface area contributed by atoms with Crippen molar-refractivity contribution in [3.63, 3.8) is 0 Å². The van der Waals surface area contributed by atoms with Crippen LogP contribution in [0.25, 0.3) is 0 Å². The van der Waals surface area contributed by atoms with E-state index in [2.05, 4.69) is 24.1 Å². The quantitative estimate of drug-likeness (QED) is 0.640. The first-order valence-corrected chi connectivity index (χ1v) is 6.14. The van der Waals surface area contributed by atoms with Gasteiger partial charge in [0, 0.05) is 12.6 Å². The fraction of sp³-hybridized carbons (Fsp3) is 0.833. The SMILES string of the molecule is CC(C)N(C)CCCNC(=O)C1CC1C(=O)O. The van der Waals surface area contributed by atoms with Gasteiger partial charge >= 0.3 is 5.97 Å². The Bertz CT molecular complexity index is 291. The van der Waals surface area contributed by atoms with Gasteiger partial charge in [-0.2, -0.15) is 0 Å². The van der Waals surface area contributed by atoms with Gasteiger partial charge in [0.25, 0.3) is 0 Å². The van der Waals surface area contributed by atoms with Crippen molar-refractivity contribution in [2.24, 2.45) is 11.8 Å². The first-order chi connectivity index (χ1) is 7.93. The van der Waals surface area contributed by atoms with Gasteiger partial charge in [0.2, 0.25) is 5.91 Å². The number of carbonyl (C=O) groups excluding carboxylic acids is 1. The summed E-state index contributed by atoms with van der Waals surface area (Å²) in [6.07, 6.45) is 1.39. The first kappa shape index (κ1) is 14.0. The maximum absolute atomic E-state index is 11.5. The maximum atomic E-state index is 11.5. The predicted molar refractivity (Wildman–Crippen MR) is 64.6 cm³/mol. The lowest BCUT2D eigenvalue weighted by Crippen LogP contribution is -2.32. The minimum Gasteiger partial charge on any atom is -0.481 e. The lowest BCUT2D eigenvalue weighted by Gasteiger charge is -2.20. The number of rotatable bonds is 7. The molecule has 1 rings (SSSR count). The summed E-state index contributed by atoms with van der Waals surface area (Å²) in [7, 11) is 2.05. The van der Waals surface area contributed by atoms with E-state index in [4.69, 9.17) is 5.11 Å². The van der Waals surface area contributed by atoms with Crippen LogP contribution in [0.2, 0.25) is 0 Å². The van der Waals surface area contributed by atoms with E-state index in [9.17, 15) is 9.59 Å². The van der Waals surface area contributed by atoms with E-state index < -0.39 is 11.9 Å². The van der Waals surface area contributed by atoms with Gasteiger partial charge in [-0.25, -0.2) is 0 Å². The summed E-state index contributed by atoms with van der Waals surface area (Å²) in [5, 5.41) is 11.5. The Balaban J connectivity index is 2.08. The lowest BCUT2D eigenvalue weighted by molar-refractivity contribution is -0.140. The maximum Gasteiger partial charge on any atom is 0.307 e. The Morgan fingerprint density at radius 2 is 2.06 bits per heavy atom. The fourth-order valence-corrected chi connectivity index (χ4v) is 1.69. The summed E-state index contributed by atoms with van der Waals surface area (Å²) in [5.74, 6) is -1.71. The highest BCUT2D eigenvalue weighted by molar-refractivity contribution is 5.89. The molecule has 1 aliphatic rings. The van der Waals surface area contributed by atoms with Crippen molar-refractivity contribution in [3.8, 4) is 0 Å². The lowest BCUT2D eigenvalue weighted by atomic mass is 10.3. The second kappa shape index (κ2) is 6.00. The van der Waals surface area contributed by atoms with E-state index in [1.165, 1.54) is 0 Å². The van der Waals surface area contributed by atoms with Gasteiger partial charge in [-0.05, 0) is 40.3 Å². The number of carboxylic acids is 1. The number of nitrogens with zero attached hydrogens (tertiary/aromatic N) is 1. The molecule has 0 bridgehead atoms. The fourth-order valence-electron chi connectivity index (χ4n) is 1.69. The van der Waals surface area contributed by atoms with Gasteiger partial charge in [0.05, 0.1) is 11.8 Å². The predicted octanol–water partition coefficient (Wildman–Crippen LogP) is 0.554. The van der Waals surface area contributed by atoms with Crippen LogP contribution in [0, 0.1) is 11.8 Å². The molecule has 2 atom stereocenters. The molecular formula is C12H22N2O3. The molecule has 5 nitrogen and oxygen atoms in total. The Kier molecular flexibility index (Phi) is 4.93. The zero-order valence-corrected chi connectivity index (χ0v) is 10.8. The third-order valence-electron chi connectivity index (χ3n) is 3.31. The molecule has 2 N–H and O–H groups in total. The van der Waals surface area contributed by atoms with Crippen LogP contribution in [0.3, 0.4) is 0 Å². The molecule has 2 unspecified atom stereocenters. The number of hydrogen-bond acceptors (Lipinski definition) is 3. The molecule has 1 aliphatic carbocycles. The molecule has 0 aromatic rings. The third kappa shape index (κ3) is 4.34. The smallest absolute Gasteiger partial charge is 0.307 e. The average Bonchev–Trinajstić information content (AvgIpc) is 3.03. The third-order valence-corrected chi connectivity index (χ3v) is 3.31. The van der Waals surface area contributed by atoms with Crippen molar-refractivity contribution in [1.82, 2.24) is 10.2 Å². The molecule has 1 fully saturated rings. The molecule has 5 heteroatoms. The number of amides is 1. The minimum atomic E-state index is -0.857. The standard InChI is InChI=1S/C12H22N2O3/c1-8(2)14(3)6-4-5-13-11(15)9-7-10(9)12(16)17/h8-10H,4-7H2,1-3H3,(H,13,15)(H,16,17). The van der Waals surface area contributed by atoms with Crippen molar-refractivity contribution in [2.75, 3.05) is 20.1 Å². The van der Waals surface area contributed by atoms with E-state index in [1.807, 2.05) is 7.05 Å². The molecule has 98 valence electrons. The summed E-state index contributed by atoms with van der Waals surface area (Å²) in [6, 6.07) is 0.505. The van der Waals surface area contributed by atoms with Gasteiger partial charge in [-0.1, -0.05) is 0 Å². The highest BCUT2D eigenvalue weighted by Gasteiger charge is 2.48. The highest BCUT2D eigenvalue weighted by Crippen LogP contribution is 2.38. The van der Waals surface area contributed by atoms with E-state index in [0.29, 0.717) is 19.0 Å². The molecule has 0 spiro atoms. The van der Waals surface area contributed by atoms with Crippen LogP contribution in [0.1, 0.15) is 26.7 Å². The van der Waals surface area contributed by atoms with Crippen molar-refractivity contribution < 1.29 is 14.7 Å². The molecule has 0 aromatic heterocycles. The normalized spacial score (nSPS) is 22.9. The Hall–Kier alpha value is -1.10. The summed E-state index contributed by atoms with van der Waals surface area (Å²) in [5.41, 5.74) is 0. The topological polar surface area (TPSA) is 69.6 Å². The first-order valence-electron chi connectivity index (χ1n) is 6.14. The molecule has 1 saturated carbocycles. The highest BCUT2D eigenvalue weighted by atomic mass is 16.4.